The minimum Gasteiger partial charge on any atom is -0.307 e. The van der Waals surface area contributed by atoms with Crippen molar-refractivity contribution < 1.29 is 0 Å². The van der Waals surface area contributed by atoms with E-state index < -0.39 is 0 Å². The Balaban J connectivity index is 1.21. The molecule has 7 heteroatoms. The van der Waals surface area contributed by atoms with E-state index in [-0.39, 0.29) is 5.56 Å². The van der Waals surface area contributed by atoms with Crippen molar-refractivity contribution in [1.29, 1.82) is 0 Å². The lowest BCUT2D eigenvalue weighted by atomic mass is 9.96. The van der Waals surface area contributed by atoms with Gasteiger partial charge in [-0.1, -0.05) is 6.07 Å². The molecule has 4 aromatic heterocycles. The molecule has 152 valence electrons. The molecule has 0 aliphatic carbocycles. The van der Waals surface area contributed by atoms with Crippen LogP contribution in [0.5, 0.6) is 0 Å². The Kier molecular flexibility index (Phi) is 5.11. The molecule has 1 aliphatic rings. The fraction of sp³-hybridized carbons (Fsp3) is 0.304. The maximum absolute atomic E-state index is 12.3. The number of aromatic nitrogens is 5. The minimum atomic E-state index is -0.0417. The first-order valence-corrected chi connectivity index (χ1v) is 10.4. The lowest BCUT2D eigenvalue weighted by molar-refractivity contribution is 0.162. The number of likely N-dealkylation sites (tertiary alicyclic amines) is 1. The average molecular weight is 400 g/mol. The van der Waals surface area contributed by atoms with Crippen molar-refractivity contribution in [2.45, 2.75) is 25.9 Å². The van der Waals surface area contributed by atoms with Crippen molar-refractivity contribution in [2.75, 3.05) is 13.1 Å². The number of fused-ring (bicyclic) bond motifs is 1. The van der Waals surface area contributed by atoms with Crippen molar-refractivity contribution in [3.05, 3.63) is 83.3 Å². The van der Waals surface area contributed by atoms with Crippen LogP contribution in [0.25, 0.3) is 16.9 Å². The highest BCUT2D eigenvalue weighted by molar-refractivity contribution is 5.57. The maximum Gasteiger partial charge on any atom is 0.266 e. The van der Waals surface area contributed by atoms with Crippen molar-refractivity contribution in [1.82, 2.24) is 29.0 Å². The molecule has 1 aliphatic heterocycles. The highest BCUT2D eigenvalue weighted by atomic mass is 16.1. The summed E-state index contributed by atoms with van der Waals surface area (Å²) in [7, 11) is 0. The number of pyridine rings is 2. The highest BCUT2D eigenvalue weighted by Crippen LogP contribution is 2.21. The van der Waals surface area contributed by atoms with Gasteiger partial charge in [0.1, 0.15) is 5.65 Å². The summed E-state index contributed by atoms with van der Waals surface area (Å²) in [4.78, 5) is 23.5. The highest BCUT2D eigenvalue weighted by Gasteiger charge is 2.21. The third-order valence-corrected chi connectivity index (χ3v) is 5.78. The van der Waals surface area contributed by atoms with Crippen LogP contribution in [0, 0.1) is 5.92 Å². The standard InChI is InChI=1S/C23H24N6O/c30-23-5-4-21(19-6-10-24-11-7-19)26-29(23)15-18-8-13-27(14-9-18)16-20-17-28-12-2-1-3-22(28)25-20/h1-7,10-12,17-18H,8-9,13-16H2. The minimum absolute atomic E-state index is 0.0417. The molecule has 1 fully saturated rings. The van der Waals surface area contributed by atoms with Gasteiger partial charge in [-0.3, -0.25) is 14.7 Å². The fourth-order valence-electron chi connectivity index (χ4n) is 4.12. The molecule has 7 nitrogen and oxygen atoms in total. The molecule has 0 radical (unpaired) electrons. The molecule has 4 aromatic rings. The molecule has 0 unspecified atom stereocenters. The second kappa shape index (κ2) is 8.20. The normalized spacial score (nSPS) is 15.6. The number of piperidine rings is 1. The number of imidazole rings is 1. The Labute approximate surface area is 174 Å². The van der Waals surface area contributed by atoms with Gasteiger partial charge in [0.15, 0.2) is 0 Å². The van der Waals surface area contributed by atoms with Gasteiger partial charge in [-0.15, -0.1) is 0 Å². The third kappa shape index (κ3) is 4.02. The molecule has 0 spiro atoms. The van der Waals surface area contributed by atoms with Crippen LogP contribution in [0.1, 0.15) is 18.5 Å². The number of hydrogen-bond donors (Lipinski definition) is 0. The zero-order valence-electron chi connectivity index (χ0n) is 16.8. The van der Waals surface area contributed by atoms with E-state index >= 15 is 0 Å². The first-order chi connectivity index (χ1) is 14.7. The summed E-state index contributed by atoms with van der Waals surface area (Å²) < 4.78 is 3.69. The van der Waals surface area contributed by atoms with E-state index in [9.17, 15) is 4.79 Å². The quantitative estimate of drug-likeness (QED) is 0.515. The molecule has 0 amide bonds. The zero-order chi connectivity index (χ0) is 20.3. The third-order valence-electron chi connectivity index (χ3n) is 5.78. The van der Waals surface area contributed by atoms with E-state index in [1.165, 1.54) is 0 Å². The Bertz CT molecular complexity index is 1160. The van der Waals surface area contributed by atoms with Crippen LogP contribution in [0.15, 0.2) is 72.0 Å². The molecule has 1 saturated heterocycles. The molecule has 0 atom stereocenters. The Morgan fingerprint density at radius 1 is 1.00 bits per heavy atom. The average Bonchev–Trinajstić information content (AvgIpc) is 3.19. The second-order valence-electron chi connectivity index (χ2n) is 7.89. The lowest BCUT2D eigenvalue weighted by Crippen LogP contribution is -2.36. The van der Waals surface area contributed by atoms with Crippen molar-refractivity contribution in [3.8, 4) is 11.3 Å². The molecule has 0 saturated carbocycles. The van der Waals surface area contributed by atoms with E-state index in [1.54, 1.807) is 29.2 Å². The van der Waals surface area contributed by atoms with Crippen molar-refractivity contribution in [2.24, 2.45) is 5.92 Å². The molecule has 0 N–H and O–H groups in total. The fourth-order valence-corrected chi connectivity index (χ4v) is 4.12. The second-order valence-corrected chi connectivity index (χ2v) is 7.89. The van der Waals surface area contributed by atoms with Crippen LogP contribution in [-0.2, 0) is 13.1 Å². The molecular formula is C23H24N6O. The maximum atomic E-state index is 12.3. The van der Waals surface area contributed by atoms with E-state index in [4.69, 9.17) is 4.98 Å². The number of hydrogen-bond acceptors (Lipinski definition) is 5. The van der Waals surface area contributed by atoms with Gasteiger partial charge in [-0.2, -0.15) is 5.10 Å². The van der Waals surface area contributed by atoms with E-state index in [2.05, 4.69) is 25.6 Å². The summed E-state index contributed by atoms with van der Waals surface area (Å²) in [5.74, 6) is 0.459. The van der Waals surface area contributed by atoms with Crippen LogP contribution in [0.3, 0.4) is 0 Å². The predicted molar refractivity (Wildman–Crippen MR) is 115 cm³/mol. The van der Waals surface area contributed by atoms with Gasteiger partial charge < -0.3 is 4.40 Å². The molecule has 0 bridgehead atoms. The molecule has 0 aromatic carbocycles. The summed E-state index contributed by atoms with van der Waals surface area (Å²) in [5.41, 5.74) is 3.83. The Morgan fingerprint density at radius 2 is 1.83 bits per heavy atom. The van der Waals surface area contributed by atoms with Crippen LogP contribution < -0.4 is 5.56 Å². The van der Waals surface area contributed by atoms with Crippen LogP contribution in [0.4, 0.5) is 0 Å². The van der Waals surface area contributed by atoms with Gasteiger partial charge in [0.05, 0.1) is 11.4 Å². The molecule has 5 rings (SSSR count). The monoisotopic (exact) mass is 400 g/mol. The van der Waals surface area contributed by atoms with Gasteiger partial charge in [0.2, 0.25) is 0 Å². The van der Waals surface area contributed by atoms with Gasteiger partial charge in [-0.25, -0.2) is 9.67 Å². The van der Waals surface area contributed by atoms with Gasteiger partial charge in [-0.05, 0) is 62.2 Å². The summed E-state index contributed by atoms with van der Waals surface area (Å²) >= 11 is 0. The molecule has 5 heterocycles. The largest absolute Gasteiger partial charge is 0.307 e. The van der Waals surface area contributed by atoms with Gasteiger partial charge >= 0.3 is 0 Å². The van der Waals surface area contributed by atoms with Gasteiger partial charge in [0, 0.05) is 49.5 Å². The molecular weight excluding hydrogens is 376 g/mol. The number of nitrogens with zero attached hydrogens (tertiary/aromatic N) is 6. The van der Waals surface area contributed by atoms with Crippen LogP contribution >= 0.6 is 0 Å². The Morgan fingerprint density at radius 3 is 2.63 bits per heavy atom. The van der Waals surface area contributed by atoms with Gasteiger partial charge in [0.25, 0.3) is 5.56 Å². The van der Waals surface area contributed by atoms with Crippen molar-refractivity contribution >= 4 is 5.65 Å². The smallest absolute Gasteiger partial charge is 0.266 e. The summed E-state index contributed by atoms with van der Waals surface area (Å²) in [6.45, 7) is 3.55. The Hall–Kier alpha value is -3.32. The summed E-state index contributed by atoms with van der Waals surface area (Å²) in [6, 6.07) is 13.3. The SMILES string of the molecule is O=c1ccc(-c2ccncc2)nn1CC1CCN(Cc2cn3ccccc3n2)CC1. The zero-order valence-corrected chi connectivity index (χ0v) is 16.8. The number of rotatable bonds is 5. The van der Waals surface area contributed by atoms with E-state index in [1.807, 2.05) is 36.5 Å². The van der Waals surface area contributed by atoms with Crippen LogP contribution in [0.2, 0.25) is 0 Å². The topological polar surface area (TPSA) is 68.3 Å². The van der Waals surface area contributed by atoms with E-state index in [0.717, 1.165) is 55.1 Å². The lowest BCUT2D eigenvalue weighted by Gasteiger charge is -2.31. The first-order valence-electron chi connectivity index (χ1n) is 10.4. The summed E-state index contributed by atoms with van der Waals surface area (Å²) in [6.07, 6.45) is 9.73. The predicted octanol–water partition coefficient (Wildman–Crippen LogP) is 2.87. The van der Waals surface area contributed by atoms with Crippen molar-refractivity contribution in [3.63, 3.8) is 0 Å². The van der Waals surface area contributed by atoms with E-state index in [0.29, 0.717) is 12.5 Å². The summed E-state index contributed by atoms with van der Waals surface area (Å²) in [5, 5.41) is 4.60. The first kappa shape index (κ1) is 18.7. The van der Waals surface area contributed by atoms with Crippen LogP contribution in [-0.4, -0.2) is 42.1 Å². The molecule has 30 heavy (non-hydrogen) atoms.